The minimum Gasteiger partial charge on any atom is -0.497 e. The second kappa shape index (κ2) is 8.40. The van der Waals surface area contributed by atoms with Crippen LogP contribution in [0.25, 0.3) is 0 Å². The van der Waals surface area contributed by atoms with Gasteiger partial charge in [0.25, 0.3) is 0 Å². The monoisotopic (exact) mass is 364 g/mol. The van der Waals surface area contributed by atoms with E-state index in [1.165, 1.54) is 5.56 Å². The molecular formula is C21H24N4O2. The normalized spacial score (nSPS) is 10.4. The van der Waals surface area contributed by atoms with E-state index in [-0.39, 0.29) is 0 Å². The molecule has 0 fully saturated rings. The van der Waals surface area contributed by atoms with Crippen LogP contribution in [0.3, 0.4) is 0 Å². The van der Waals surface area contributed by atoms with Gasteiger partial charge in [0.1, 0.15) is 17.3 Å². The Morgan fingerprint density at radius 1 is 0.889 bits per heavy atom. The van der Waals surface area contributed by atoms with Crippen molar-refractivity contribution < 1.29 is 9.47 Å². The van der Waals surface area contributed by atoms with Crippen molar-refractivity contribution in [1.82, 2.24) is 9.97 Å². The van der Waals surface area contributed by atoms with Crippen LogP contribution >= 0.6 is 0 Å². The van der Waals surface area contributed by atoms with E-state index in [0.717, 1.165) is 29.2 Å². The zero-order valence-corrected chi connectivity index (χ0v) is 16.0. The molecule has 1 aromatic heterocycles. The summed E-state index contributed by atoms with van der Waals surface area (Å²) in [6.45, 7) is 4.06. The van der Waals surface area contributed by atoms with Gasteiger partial charge in [-0.05, 0) is 37.1 Å². The zero-order valence-electron chi connectivity index (χ0n) is 16.0. The minimum atomic E-state index is 0.542. The van der Waals surface area contributed by atoms with Crippen LogP contribution in [0.5, 0.6) is 11.5 Å². The smallest absolute Gasteiger partial charge is 0.229 e. The van der Waals surface area contributed by atoms with Crippen LogP contribution in [-0.4, -0.2) is 24.2 Å². The predicted octanol–water partition coefficient (Wildman–Crippen LogP) is 4.85. The summed E-state index contributed by atoms with van der Waals surface area (Å²) in [7, 11) is 3.26. The van der Waals surface area contributed by atoms with Gasteiger partial charge < -0.3 is 20.1 Å². The Balaban J connectivity index is 1.90. The Morgan fingerprint density at radius 2 is 1.70 bits per heavy atom. The maximum atomic E-state index is 5.43. The van der Waals surface area contributed by atoms with E-state index in [1.54, 1.807) is 14.2 Å². The van der Waals surface area contributed by atoms with Crippen LogP contribution in [0, 0.1) is 6.92 Å². The first-order chi connectivity index (χ1) is 13.1. The summed E-state index contributed by atoms with van der Waals surface area (Å²) in [4.78, 5) is 9.11. The van der Waals surface area contributed by atoms with Crippen LogP contribution in [0.4, 0.5) is 23.1 Å². The standard InChI is InChI=1S/C21H24N4O2/c1-5-15-8-6-7-9-17(15)24-21-22-14(2)12-20(25-21)23-18-13-16(26-3)10-11-19(18)27-4/h6-13H,5H2,1-4H3,(H2,22,23,24,25). The number of nitrogens with zero attached hydrogens (tertiary/aromatic N) is 2. The van der Waals surface area contributed by atoms with E-state index in [9.17, 15) is 0 Å². The predicted molar refractivity (Wildman–Crippen MR) is 109 cm³/mol. The second-order valence-corrected chi connectivity index (χ2v) is 6.05. The largest absolute Gasteiger partial charge is 0.497 e. The van der Waals surface area contributed by atoms with Gasteiger partial charge in [-0.1, -0.05) is 25.1 Å². The Hall–Kier alpha value is -3.28. The third-order valence-electron chi connectivity index (χ3n) is 4.17. The van der Waals surface area contributed by atoms with Crippen molar-refractivity contribution in [2.45, 2.75) is 20.3 Å². The van der Waals surface area contributed by atoms with E-state index in [1.807, 2.05) is 49.4 Å². The molecule has 140 valence electrons. The maximum Gasteiger partial charge on any atom is 0.229 e. The van der Waals surface area contributed by atoms with Gasteiger partial charge >= 0.3 is 0 Å². The highest BCUT2D eigenvalue weighted by Crippen LogP contribution is 2.31. The van der Waals surface area contributed by atoms with Gasteiger partial charge in [0, 0.05) is 23.5 Å². The number of para-hydroxylation sites is 1. The first-order valence-electron chi connectivity index (χ1n) is 8.82. The van der Waals surface area contributed by atoms with Crippen LogP contribution in [0.1, 0.15) is 18.2 Å². The molecule has 0 unspecified atom stereocenters. The molecule has 0 bridgehead atoms. The quantitative estimate of drug-likeness (QED) is 0.624. The Bertz CT molecular complexity index is 928. The average molecular weight is 364 g/mol. The Labute approximate surface area is 159 Å². The Morgan fingerprint density at radius 3 is 2.44 bits per heavy atom. The molecule has 0 aliphatic carbocycles. The summed E-state index contributed by atoms with van der Waals surface area (Å²) in [5, 5.41) is 6.62. The summed E-state index contributed by atoms with van der Waals surface area (Å²) in [5.74, 6) is 2.66. The lowest BCUT2D eigenvalue weighted by Gasteiger charge is -2.14. The number of ether oxygens (including phenoxy) is 2. The number of nitrogens with one attached hydrogen (secondary N) is 2. The third kappa shape index (κ3) is 4.47. The number of benzene rings is 2. The molecule has 3 aromatic rings. The van der Waals surface area contributed by atoms with Gasteiger partial charge in [0.15, 0.2) is 0 Å². The van der Waals surface area contributed by atoms with Crippen molar-refractivity contribution in [3.8, 4) is 11.5 Å². The van der Waals surface area contributed by atoms with Gasteiger partial charge in [0.05, 0.1) is 19.9 Å². The lowest BCUT2D eigenvalue weighted by atomic mass is 10.1. The third-order valence-corrected chi connectivity index (χ3v) is 4.17. The minimum absolute atomic E-state index is 0.542. The average Bonchev–Trinajstić information content (AvgIpc) is 2.68. The van der Waals surface area contributed by atoms with Gasteiger partial charge in [-0.3, -0.25) is 0 Å². The molecule has 0 radical (unpaired) electrons. The summed E-state index contributed by atoms with van der Waals surface area (Å²) in [6, 6.07) is 15.6. The highest BCUT2D eigenvalue weighted by molar-refractivity contribution is 5.68. The van der Waals surface area contributed by atoms with Crippen molar-refractivity contribution in [2.24, 2.45) is 0 Å². The first-order valence-corrected chi connectivity index (χ1v) is 8.82. The molecule has 0 aliphatic rings. The van der Waals surface area contributed by atoms with Crippen molar-refractivity contribution in [3.63, 3.8) is 0 Å². The number of aryl methyl sites for hydroxylation is 2. The van der Waals surface area contributed by atoms with Crippen molar-refractivity contribution >= 4 is 23.1 Å². The molecule has 6 heteroatoms. The molecule has 0 aliphatic heterocycles. The fourth-order valence-corrected chi connectivity index (χ4v) is 2.81. The van der Waals surface area contributed by atoms with Gasteiger partial charge in [-0.15, -0.1) is 0 Å². The lowest BCUT2D eigenvalue weighted by Crippen LogP contribution is -2.04. The number of hydrogen-bond donors (Lipinski definition) is 2. The highest BCUT2D eigenvalue weighted by atomic mass is 16.5. The number of rotatable bonds is 7. The molecule has 2 aromatic carbocycles. The van der Waals surface area contributed by atoms with E-state index in [4.69, 9.17) is 9.47 Å². The molecule has 0 saturated carbocycles. The molecule has 0 atom stereocenters. The molecule has 0 amide bonds. The van der Waals surface area contributed by atoms with Gasteiger partial charge in [-0.2, -0.15) is 4.98 Å². The lowest BCUT2D eigenvalue weighted by molar-refractivity contribution is 0.405. The number of anilines is 4. The fourth-order valence-electron chi connectivity index (χ4n) is 2.81. The Kier molecular flexibility index (Phi) is 5.76. The summed E-state index contributed by atoms with van der Waals surface area (Å²) in [6.07, 6.45) is 0.932. The number of methoxy groups -OCH3 is 2. The van der Waals surface area contributed by atoms with Crippen molar-refractivity contribution in [2.75, 3.05) is 24.9 Å². The van der Waals surface area contributed by atoms with Crippen LogP contribution < -0.4 is 20.1 Å². The molecule has 2 N–H and O–H groups in total. The van der Waals surface area contributed by atoms with E-state index >= 15 is 0 Å². The van der Waals surface area contributed by atoms with Crippen LogP contribution in [0.2, 0.25) is 0 Å². The second-order valence-electron chi connectivity index (χ2n) is 6.05. The zero-order chi connectivity index (χ0) is 19.2. The summed E-state index contributed by atoms with van der Waals surface area (Å²) in [5.41, 5.74) is 3.85. The molecule has 1 heterocycles. The van der Waals surface area contributed by atoms with Crippen molar-refractivity contribution in [1.29, 1.82) is 0 Å². The van der Waals surface area contributed by atoms with Crippen LogP contribution in [0.15, 0.2) is 48.5 Å². The highest BCUT2D eigenvalue weighted by Gasteiger charge is 2.09. The number of aromatic nitrogens is 2. The molecule has 0 saturated heterocycles. The molecule has 0 spiro atoms. The van der Waals surface area contributed by atoms with E-state index in [2.05, 4.69) is 33.6 Å². The summed E-state index contributed by atoms with van der Waals surface area (Å²) >= 11 is 0. The summed E-state index contributed by atoms with van der Waals surface area (Å²) < 4.78 is 10.7. The van der Waals surface area contributed by atoms with Gasteiger partial charge in [-0.25, -0.2) is 4.98 Å². The topological polar surface area (TPSA) is 68.3 Å². The van der Waals surface area contributed by atoms with Crippen molar-refractivity contribution in [3.05, 3.63) is 59.8 Å². The molecular weight excluding hydrogens is 340 g/mol. The van der Waals surface area contributed by atoms with Gasteiger partial charge in [0.2, 0.25) is 5.95 Å². The molecule has 27 heavy (non-hydrogen) atoms. The fraction of sp³-hybridized carbons (Fsp3) is 0.238. The van der Waals surface area contributed by atoms with E-state index in [0.29, 0.717) is 17.5 Å². The molecule has 3 rings (SSSR count). The maximum absolute atomic E-state index is 5.43. The van der Waals surface area contributed by atoms with Crippen LogP contribution in [-0.2, 0) is 6.42 Å². The SMILES string of the molecule is CCc1ccccc1Nc1nc(C)cc(Nc2cc(OC)ccc2OC)n1. The first kappa shape index (κ1) is 18.5. The number of hydrogen-bond acceptors (Lipinski definition) is 6. The van der Waals surface area contributed by atoms with E-state index < -0.39 is 0 Å². The molecule has 6 nitrogen and oxygen atoms in total.